The largest absolute Gasteiger partial charge is 0.383 e. The van der Waals surface area contributed by atoms with Crippen molar-refractivity contribution in [1.29, 1.82) is 0 Å². The van der Waals surface area contributed by atoms with E-state index in [-0.39, 0.29) is 4.90 Å². The highest BCUT2D eigenvalue weighted by molar-refractivity contribution is 7.99. The van der Waals surface area contributed by atoms with Crippen LogP contribution < -0.4 is 0 Å². The third-order valence-corrected chi connectivity index (χ3v) is 2.59. The highest BCUT2D eigenvalue weighted by Gasteiger charge is 2.33. The molecule has 0 unspecified atom stereocenters. The Morgan fingerprint density at radius 1 is 1.27 bits per heavy atom. The number of rotatable bonds is 3. The normalized spacial score (nSPS) is 11.9. The summed E-state index contributed by atoms with van der Waals surface area (Å²) in [5.74, 6) is -2.57. The van der Waals surface area contributed by atoms with Gasteiger partial charge in [-0.1, -0.05) is 6.92 Å². The van der Waals surface area contributed by atoms with Gasteiger partial charge in [-0.25, -0.2) is 8.78 Å². The van der Waals surface area contributed by atoms with Crippen LogP contribution in [0, 0.1) is 11.6 Å². The first kappa shape index (κ1) is 12.3. The van der Waals surface area contributed by atoms with E-state index >= 15 is 0 Å². The second-order valence-electron chi connectivity index (χ2n) is 2.71. The lowest BCUT2D eigenvalue weighted by molar-refractivity contribution is -0.211. The van der Waals surface area contributed by atoms with E-state index in [0.29, 0.717) is 11.8 Å². The molecule has 0 radical (unpaired) electrons. The second kappa shape index (κ2) is 4.40. The minimum absolute atomic E-state index is 0.0528. The van der Waals surface area contributed by atoms with E-state index in [1.54, 1.807) is 6.92 Å². The van der Waals surface area contributed by atoms with Crippen LogP contribution >= 0.6 is 11.8 Å². The molecule has 15 heavy (non-hydrogen) atoms. The van der Waals surface area contributed by atoms with Crippen molar-refractivity contribution in [2.24, 2.45) is 0 Å². The monoisotopic (exact) mass is 240 g/mol. The first-order chi connectivity index (χ1) is 6.88. The van der Waals surface area contributed by atoms with Crippen LogP contribution in [0.4, 0.5) is 17.6 Å². The molecule has 1 rings (SSSR count). The summed E-state index contributed by atoms with van der Waals surface area (Å²) in [5, 5.41) is 8.27. The van der Waals surface area contributed by atoms with Crippen LogP contribution in [0.1, 0.15) is 12.5 Å². The standard InChI is InChI=1S/C9H8F4OS/c1-2-15-6-4-3-5(9(12,13)14)7(10)8(6)11/h3-4,14H,2H2,1H3. The van der Waals surface area contributed by atoms with Crippen LogP contribution in [0.3, 0.4) is 0 Å². The van der Waals surface area contributed by atoms with Crippen molar-refractivity contribution in [3.8, 4) is 0 Å². The fourth-order valence-corrected chi connectivity index (χ4v) is 1.72. The summed E-state index contributed by atoms with van der Waals surface area (Å²) < 4.78 is 50.9. The maximum absolute atomic E-state index is 13.1. The predicted molar refractivity (Wildman–Crippen MR) is 48.9 cm³/mol. The molecule has 0 aliphatic carbocycles. The smallest absolute Gasteiger partial charge is 0.332 e. The molecule has 0 heterocycles. The fourth-order valence-electron chi connectivity index (χ4n) is 1.03. The van der Waals surface area contributed by atoms with Gasteiger partial charge in [-0.2, -0.15) is 8.78 Å². The Morgan fingerprint density at radius 3 is 2.33 bits per heavy atom. The number of thioether (sulfide) groups is 1. The summed E-state index contributed by atoms with van der Waals surface area (Å²) >= 11 is 0.994. The molecular formula is C9H8F4OS. The Kier molecular flexibility index (Phi) is 3.62. The van der Waals surface area contributed by atoms with Crippen LogP contribution in [-0.2, 0) is 6.11 Å². The van der Waals surface area contributed by atoms with Crippen molar-refractivity contribution in [2.75, 3.05) is 5.75 Å². The zero-order valence-electron chi connectivity index (χ0n) is 7.73. The lowest BCUT2D eigenvalue weighted by Gasteiger charge is -2.11. The average Bonchev–Trinajstić information content (AvgIpc) is 2.11. The van der Waals surface area contributed by atoms with Gasteiger partial charge in [0.15, 0.2) is 11.6 Å². The third-order valence-electron chi connectivity index (χ3n) is 1.67. The Balaban J connectivity index is 3.21. The lowest BCUT2D eigenvalue weighted by atomic mass is 10.2. The topological polar surface area (TPSA) is 20.2 Å². The molecule has 1 aromatic carbocycles. The molecule has 0 saturated carbocycles. The molecule has 0 amide bonds. The van der Waals surface area contributed by atoms with Crippen molar-refractivity contribution in [2.45, 2.75) is 17.9 Å². The van der Waals surface area contributed by atoms with Gasteiger partial charge in [0.1, 0.15) is 0 Å². The molecule has 0 atom stereocenters. The molecule has 0 saturated heterocycles. The fraction of sp³-hybridized carbons (Fsp3) is 0.333. The van der Waals surface area contributed by atoms with Crippen LogP contribution in [0.2, 0.25) is 0 Å². The third kappa shape index (κ3) is 2.63. The number of aliphatic hydroxyl groups is 1. The summed E-state index contributed by atoms with van der Waals surface area (Å²) in [5.41, 5.74) is -1.35. The van der Waals surface area contributed by atoms with Gasteiger partial charge < -0.3 is 5.11 Å². The summed E-state index contributed by atoms with van der Waals surface area (Å²) in [7, 11) is 0. The van der Waals surface area contributed by atoms with Crippen molar-refractivity contribution in [3.63, 3.8) is 0 Å². The molecule has 6 heteroatoms. The first-order valence-electron chi connectivity index (χ1n) is 4.09. The molecule has 1 nitrogen and oxygen atoms in total. The SMILES string of the molecule is CCSc1ccc(C(O)(F)F)c(F)c1F. The van der Waals surface area contributed by atoms with E-state index in [1.807, 2.05) is 0 Å². The van der Waals surface area contributed by atoms with E-state index < -0.39 is 23.3 Å². The Bertz CT molecular complexity index is 362. The summed E-state index contributed by atoms with van der Waals surface area (Å²) in [6.45, 7) is 1.72. The molecule has 0 aliphatic heterocycles. The zero-order valence-corrected chi connectivity index (χ0v) is 8.55. The molecule has 84 valence electrons. The lowest BCUT2D eigenvalue weighted by Crippen LogP contribution is -2.15. The quantitative estimate of drug-likeness (QED) is 0.647. The van der Waals surface area contributed by atoms with Gasteiger partial charge >= 0.3 is 6.11 Å². The Hall–Kier alpha value is -0.750. The van der Waals surface area contributed by atoms with E-state index in [0.717, 1.165) is 17.8 Å². The second-order valence-corrected chi connectivity index (χ2v) is 4.02. The Labute approximate surface area is 88.1 Å². The van der Waals surface area contributed by atoms with Gasteiger partial charge in [-0.15, -0.1) is 11.8 Å². The molecule has 0 bridgehead atoms. The molecule has 1 N–H and O–H groups in total. The number of hydrogen-bond donors (Lipinski definition) is 1. The minimum Gasteiger partial charge on any atom is -0.332 e. The summed E-state index contributed by atoms with van der Waals surface area (Å²) in [6.07, 6.45) is -4.36. The Morgan fingerprint density at radius 2 is 1.87 bits per heavy atom. The number of hydrogen-bond acceptors (Lipinski definition) is 2. The molecule has 0 fully saturated rings. The number of alkyl halides is 2. The van der Waals surface area contributed by atoms with E-state index in [1.165, 1.54) is 0 Å². The van der Waals surface area contributed by atoms with E-state index in [9.17, 15) is 17.6 Å². The molecular weight excluding hydrogens is 232 g/mol. The van der Waals surface area contributed by atoms with E-state index in [4.69, 9.17) is 5.11 Å². The van der Waals surface area contributed by atoms with Gasteiger partial charge in [0.2, 0.25) is 0 Å². The van der Waals surface area contributed by atoms with Gasteiger partial charge in [0.05, 0.1) is 5.56 Å². The van der Waals surface area contributed by atoms with Gasteiger partial charge in [0.25, 0.3) is 0 Å². The number of benzene rings is 1. The summed E-state index contributed by atoms with van der Waals surface area (Å²) in [6, 6.07) is 1.70. The predicted octanol–water partition coefficient (Wildman–Crippen LogP) is 3.12. The van der Waals surface area contributed by atoms with Crippen molar-refractivity contribution < 1.29 is 22.7 Å². The highest BCUT2D eigenvalue weighted by Crippen LogP contribution is 2.32. The molecule has 0 aromatic heterocycles. The van der Waals surface area contributed by atoms with Gasteiger partial charge in [-0.05, 0) is 17.9 Å². The van der Waals surface area contributed by atoms with Crippen molar-refractivity contribution in [3.05, 3.63) is 29.3 Å². The maximum atomic E-state index is 13.1. The molecule has 0 spiro atoms. The van der Waals surface area contributed by atoms with Crippen LogP contribution in [0.25, 0.3) is 0 Å². The van der Waals surface area contributed by atoms with Gasteiger partial charge in [-0.3, -0.25) is 0 Å². The van der Waals surface area contributed by atoms with Crippen molar-refractivity contribution >= 4 is 11.8 Å². The molecule has 0 aliphatic rings. The maximum Gasteiger partial charge on any atom is 0.383 e. The van der Waals surface area contributed by atoms with Crippen molar-refractivity contribution in [1.82, 2.24) is 0 Å². The zero-order chi connectivity index (χ0) is 11.6. The minimum atomic E-state index is -4.36. The molecule has 1 aromatic rings. The number of halogens is 4. The van der Waals surface area contributed by atoms with Crippen LogP contribution in [0.15, 0.2) is 17.0 Å². The summed E-state index contributed by atoms with van der Waals surface area (Å²) in [4.78, 5) is -0.0528. The highest BCUT2D eigenvalue weighted by atomic mass is 32.2. The average molecular weight is 240 g/mol. The first-order valence-corrected chi connectivity index (χ1v) is 5.08. The van der Waals surface area contributed by atoms with Crippen LogP contribution in [-0.4, -0.2) is 10.9 Å². The van der Waals surface area contributed by atoms with Gasteiger partial charge in [0, 0.05) is 4.90 Å². The van der Waals surface area contributed by atoms with Crippen LogP contribution in [0.5, 0.6) is 0 Å². The van der Waals surface area contributed by atoms with E-state index in [2.05, 4.69) is 0 Å².